The molecule has 7 heteroatoms. The number of hydrogen-bond donors (Lipinski definition) is 1. The van der Waals surface area contributed by atoms with E-state index in [0.717, 1.165) is 68.3 Å². The number of likely N-dealkylation sites (N-methyl/N-ethyl adjacent to an activating group) is 1. The first-order chi connectivity index (χ1) is 13.1. The normalized spacial score (nSPS) is 25.1. The number of carbonyl (C=O) groups excluding carboxylic acids is 1. The zero-order chi connectivity index (χ0) is 19.2. The van der Waals surface area contributed by atoms with Crippen molar-refractivity contribution in [3.63, 3.8) is 0 Å². The van der Waals surface area contributed by atoms with Gasteiger partial charge in [0.15, 0.2) is 0 Å². The number of methoxy groups -OCH3 is 1. The number of carbonyl (C=O) groups is 1. The number of hydrogen-bond acceptors (Lipinski definition) is 6. The van der Waals surface area contributed by atoms with Gasteiger partial charge in [0.2, 0.25) is 0 Å². The first kappa shape index (κ1) is 20.7. The standard InChI is InChI=1S/C20H33N3O3S/c1-21-9-11-22(12-10-21)18-7-8-23(14-16(18)4-3-13-24)20(25)19-6-5-17(27-19)15-26-2/h5-6,16,18,24H,3-4,7-15H2,1-2H3/t16-,18+/m0/s1. The molecule has 0 aromatic carbocycles. The van der Waals surface area contributed by atoms with Gasteiger partial charge in [-0.1, -0.05) is 0 Å². The summed E-state index contributed by atoms with van der Waals surface area (Å²) >= 11 is 1.54. The highest BCUT2D eigenvalue weighted by Crippen LogP contribution is 2.29. The van der Waals surface area contributed by atoms with Gasteiger partial charge in [0, 0.05) is 63.9 Å². The van der Waals surface area contributed by atoms with E-state index in [4.69, 9.17) is 4.74 Å². The van der Waals surface area contributed by atoms with Crippen LogP contribution in [0.4, 0.5) is 0 Å². The third-order valence-corrected chi connectivity index (χ3v) is 6.93. The molecule has 2 aliphatic heterocycles. The zero-order valence-electron chi connectivity index (χ0n) is 16.6. The maximum Gasteiger partial charge on any atom is 0.263 e. The van der Waals surface area contributed by atoms with Crippen molar-refractivity contribution in [3.8, 4) is 0 Å². The van der Waals surface area contributed by atoms with Crippen molar-refractivity contribution in [2.24, 2.45) is 5.92 Å². The highest BCUT2D eigenvalue weighted by atomic mass is 32.1. The maximum atomic E-state index is 13.0. The molecular formula is C20H33N3O3S. The molecule has 0 aliphatic carbocycles. The lowest BCUT2D eigenvalue weighted by Gasteiger charge is -2.46. The predicted molar refractivity (Wildman–Crippen MR) is 108 cm³/mol. The SMILES string of the molecule is COCc1ccc(C(=O)N2CC[C@@H](N3CCN(C)CC3)[C@@H](CCCO)C2)s1. The minimum absolute atomic E-state index is 0.146. The molecular weight excluding hydrogens is 362 g/mol. The Bertz CT molecular complexity index is 601. The first-order valence-corrected chi connectivity index (χ1v) is 10.8. The summed E-state index contributed by atoms with van der Waals surface area (Å²) in [7, 11) is 3.86. The van der Waals surface area contributed by atoms with Gasteiger partial charge in [0.25, 0.3) is 5.91 Å². The van der Waals surface area contributed by atoms with Crippen LogP contribution >= 0.6 is 11.3 Å². The van der Waals surface area contributed by atoms with Crippen LogP contribution in [-0.4, -0.2) is 91.8 Å². The smallest absolute Gasteiger partial charge is 0.263 e. The third kappa shape index (κ3) is 5.29. The molecule has 0 bridgehead atoms. The van der Waals surface area contributed by atoms with Crippen molar-refractivity contribution in [1.29, 1.82) is 0 Å². The predicted octanol–water partition coefficient (Wildman–Crippen LogP) is 1.75. The summed E-state index contributed by atoms with van der Waals surface area (Å²) < 4.78 is 5.17. The molecule has 27 heavy (non-hydrogen) atoms. The lowest BCUT2D eigenvalue weighted by Crippen LogP contribution is -2.56. The highest BCUT2D eigenvalue weighted by molar-refractivity contribution is 7.14. The van der Waals surface area contributed by atoms with E-state index in [2.05, 4.69) is 16.8 Å². The molecule has 0 radical (unpaired) electrons. The van der Waals surface area contributed by atoms with Crippen LogP contribution in [0, 0.1) is 5.92 Å². The van der Waals surface area contributed by atoms with Crippen LogP contribution in [-0.2, 0) is 11.3 Å². The van der Waals surface area contributed by atoms with Gasteiger partial charge in [-0.2, -0.15) is 0 Å². The largest absolute Gasteiger partial charge is 0.396 e. The van der Waals surface area contributed by atoms with Crippen LogP contribution in [0.2, 0.25) is 0 Å². The van der Waals surface area contributed by atoms with Gasteiger partial charge in [-0.05, 0) is 44.4 Å². The number of rotatable bonds is 7. The molecule has 1 amide bonds. The molecule has 0 spiro atoms. The minimum atomic E-state index is 0.146. The van der Waals surface area contributed by atoms with E-state index >= 15 is 0 Å². The fraction of sp³-hybridized carbons (Fsp3) is 0.750. The molecule has 152 valence electrons. The zero-order valence-corrected chi connectivity index (χ0v) is 17.4. The lowest BCUT2D eigenvalue weighted by molar-refractivity contribution is 0.0220. The molecule has 0 saturated carbocycles. The fourth-order valence-electron chi connectivity index (χ4n) is 4.34. The topological polar surface area (TPSA) is 56.2 Å². The average molecular weight is 396 g/mol. The second-order valence-corrected chi connectivity index (χ2v) is 8.94. The minimum Gasteiger partial charge on any atom is -0.396 e. The molecule has 2 saturated heterocycles. The molecule has 1 N–H and O–H groups in total. The van der Waals surface area contributed by atoms with E-state index in [1.807, 2.05) is 17.0 Å². The van der Waals surface area contributed by atoms with E-state index in [1.165, 1.54) is 11.3 Å². The molecule has 6 nitrogen and oxygen atoms in total. The maximum absolute atomic E-state index is 13.0. The van der Waals surface area contributed by atoms with Crippen molar-refractivity contribution in [2.75, 3.05) is 60.0 Å². The van der Waals surface area contributed by atoms with Crippen LogP contribution in [0.3, 0.4) is 0 Å². The summed E-state index contributed by atoms with van der Waals surface area (Å²) in [4.78, 5) is 21.9. The average Bonchev–Trinajstić information content (AvgIpc) is 3.15. The van der Waals surface area contributed by atoms with E-state index in [0.29, 0.717) is 18.6 Å². The Labute approximate surface area is 166 Å². The fourth-order valence-corrected chi connectivity index (χ4v) is 5.29. The Balaban J connectivity index is 1.64. The number of likely N-dealkylation sites (tertiary alicyclic amines) is 1. The number of piperidine rings is 1. The lowest BCUT2D eigenvalue weighted by atomic mass is 9.86. The van der Waals surface area contributed by atoms with Gasteiger partial charge < -0.3 is 19.6 Å². The van der Waals surface area contributed by atoms with Crippen LogP contribution in [0.25, 0.3) is 0 Å². The number of ether oxygens (including phenoxy) is 1. The van der Waals surface area contributed by atoms with Gasteiger partial charge >= 0.3 is 0 Å². The second-order valence-electron chi connectivity index (χ2n) is 7.77. The quantitative estimate of drug-likeness (QED) is 0.762. The highest BCUT2D eigenvalue weighted by Gasteiger charge is 2.36. The Morgan fingerprint density at radius 2 is 2.04 bits per heavy atom. The molecule has 1 aromatic rings. The van der Waals surface area contributed by atoms with Crippen LogP contribution < -0.4 is 0 Å². The first-order valence-electron chi connectivity index (χ1n) is 10.0. The number of piperazine rings is 1. The Morgan fingerprint density at radius 3 is 2.74 bits per heavy atom. The Kier molecular flexibility index (Phi) is 7.66. The number of aliphatic hydroxyl groups excluding tert-OH is 1. The van der Waals surface area contributed by atoms with E-state index in [-0.39, 0.29) is 12.5 Å². The van der Waals surface area contributed by atoms with Gasteiger partial charge in [0.1, 0.15) is 0 Å². The molecule has 0 unspecified atom stereocenters. The molecule has 2 aliphatic rings. The van der Waals surface area contributed by atoms with Crippen molar-refractivity contribution in [2.45, 2.75) is 31.9 Å². The van der Waals surface area contributed by atoms with Crippen LogP contribution in [0.15, 0.2) is 12.1 Å². The van der Waals surface area contributed by atoms with Crippen molar-refractivity contribution < 1.29 is 14.6 Å². The number of thiophene rings is 1. The second kappa shape index (κ2) is 9.98. The van der Waals surface area contributed by atoms with Crippen LogP contribution in [0.1, 0.15) is 33.8 Å². The van der Waals surface area contributed by atoms with Gasteiger partial charge in [-0.3, -0.25) is 9.69 Å². The Hall–Kier alpha value is -0.990. The van der Waals surface area contributed by atoms with Gasteiger partial charge in [0.05, 0.1) is 11.5 Å². The number of nitrogens with zero attached hydrogens (tertiary/aromatic N) is 3. The molecule has 2 fully saturated rings. The van der Waals surface area contributed by atoms with Crippen molar-refractivity contribution in [3.05, 3.63) is 21.9 Å². The van der Waals surface area contributed by atoms with E-state index in [1.54, 1.807) is 7.11 Å². The summed E-state index contributed by atoms with van der Waals surface area (Å²) in [6.07, 6.45) is 2.83. The van der Waals surface area contributed by atoms with Crippen molar-refractivity contribution in [1.82, 2.24) is 14.7 Å². The summed E-state index contributed by atoms with van der Waals surface area (Å²) in [5.74, 6) is 0.588. The molecule has 2 atom stereocenters. The van der Waals surface area contributed by atoms with E-state index < -0.39 is 0 Å². The van der Waals surface area contributed by atoms with Gasteiger partial charge in [-0.25, -0.2) is 0 Å². The summed E-state index contributed by atoms with van der Waals surface area (Å²) in [6.45, 7) is 6.85. The van der Waals surface area contributed by atoms with Crippen LogP contribution in [0.5, 0.6) is 0 Å². The van der Waals surface area contributed by atoms with E-state index in [9.17, 15) is 9.90 Å². The molecule has 1 aromatic heterocycles. The monoisotopic (exact) mass is 395 g/mol. The number of amides is 1. The number of aliphatic hydroxyl groups is 1. The molecule has 3 rings (SSSR count). The van der Waals surface area contributed by atoms with Gasteiger partial charge in [-0.15, -0.1) is 11.3 Å². The summed E-state index contributed by atoms with van der Waals surface area (Å²) in [5, 5.41) is 9.32. The Morgan fingerprint density at radius 1 is 1.26 bits per heavy atom. The molecule has 3 heterocycles. The summed E-state index contributed by atoms with van der Waals surface area (Å²) in [5.41, 5.74) is 0. The summed E-state index contributed by atoms with van der Waals surface area (Å²) in [6, 6.07) is 4.44. The third-order valence-electron chi connectivity index (χ3n) is 5.88. The van der Waals surface area contributed by atoms with Crippen molar-refractivity contribution >= 4 is 17.2 Å².